The van der Waals surface area contributed by atoms with Crippen molar-refractivity contribution >= 4 is 135 Å². The summed E-state index contributed by atoms with van der Waals surface area (Å²) in [5.74, 6) is -1.21. The fourth-order valence-electron chi connectivity index (χ4n) is 6.99. The number of phenolic OH excluding ortho intramolecular Hbond substituents is 3. The molecule has 0 saturated carbocycles. The van der Waals surface area contributed by atoms with Gasteiger partial charge in [-0.1, -0.05) is 24.3 Å². The molecule has 404 valence electrons. The number of aromatic hydroxyl groups is 3. The first-order valence-electron chi connectivity index (χ1n) is 20.8. The van der Waals surface area contributed by atoms with Crippen LogP contribution in [0.3, 0.4) is 0 Å². The quantitative estimate of drug-likeness (QED) is 0.0304. The largest absolute Gasteiger partial charge is 0.505 e. The number of aliphatic hydroxyl groups excluding tert-OH is 1. The van der Waals surface area contributed by atoms with Crippen LogP contribution in [0.25, 0.3) is 32.3 Å². The average molecular weight is 1170 g/mol. The van der Waals surface area contributed by atoms with Crippen LogP contribution in [0.15, 0.2) is 171 Å². The second-order valence-corrected chi connectivity index (χ2v) is 20.3. The lowest BCUT2D eigenvalue weighted by Crippen LogP contribution is -2.01. The number of hydrogen-bond acceptors (Lipinski definition) is 26. The Morgan fingerprint density at radius 3 is 1.54 bits per heavy atom. The normalized spacial score (nSPS) is 12.1. The Bertz CT molecular complexity index is 4410. The number of methoxy groups -OCH3 is 1. The molecule has 0 radical (unpaired) electrons. The molecule has 0 heterocycles. The standard InChI is InChI=1S/C44H33N9O14S3.2O3S/c1-67-28-9-6-25(7-10-28)46-53-41-38(70(64,65)66)18-24-3-5-27(19-31(24)43(41)56)48-52-35-20-36(68(58,59)60)30-12-15-34(44(57)39(30)40(35)45)50-47-26-8-11-29-23(17-26)4-14-33(42(29)55)51-49-32-13-2-22(21-54)16-37(32)69(61,62)63;2*1-4(2)3/h2-20,54-57H,21,45H2,1H3,(H,58,59,60)(H,61,62,63)(H,64,65,66);;. The van der Waals surface area contributed by atoms with Crippen molar-refractivity contribution in [2.24, 2.45) is 40.9 Å². The van der Waals surface area contributed by atoms with E-state index in [2.05, 4.69) is 40.9 Å². The molecule has 0 aliphatic heterocycles. The number of nitrogens with two attached hydrogens (primary N) is 1. The minimum atomic E-state index is -5.00. The highest BCUT2D eigenvalue weighted by molar-refractivity contribution is 7.86. The molecule has 0 atom stereocenters. The number of phenols is 3. The summed E-state index contributed by atoms with van der Waals surface area (Å²) >= 11 is 0. The molecule has 8 rings (SSSR count). The molecule has 0 spiro atoms. The van der Waals surface area contributed by atoms with Gasteiger partial charge in [0.15, 0.2) is 17.2 Å². The van der Waals surface area contributed by atoms with Gasteiger partial charge in [-0.25, -0.2) is 0 Å². The number of nitrogen functional groups attached to an aromatic ring is 1. The van der Waals surface area contributed by atoms with Crippen LogP contribution in [0.2, 0.25) is 0 Å². The summed E-state index contributed by atoms with van der Waals surface area (Å²) < 4.78 is 159. The van der Waals surface area contributed by atoms with Crippen LogP contribution in [0, 0.1) is 0 Å². The molecule has 78 heavy (non-hydrogen) atoms. The van der Waals surface area contributed by atoms with Crippen LogP contribution in [0.4, 0.5) is 51.2 Å². The minimum absolute atomic E-state index is 0.00357. The summed E-state index contributed by atoms with van der Waals surface area (Å²) in [6.07, 6.45) is 0. The summed E-state index contributed by atoms with van der Waals surface area (Å²) in [4.78, 5) is -2.06. The number of azo groups is 4. The maximum atomic E-state index is 12.6. The molecule has 9 N–H and O–H groups in total. The van der Waals surface area contributed by atoms with E-state index in [4.69, 9.17) is 35.7 Å². The highest BCUT2D eigenvalue weighted by Gasteiger charge is 2.25. The van der Waals surface area contributed by atoms with Crippen molar-refractivity contribution in [1.29, 1.82) is 0 Å². The van der Waals surface area contributed by atoms with Crippen molar-refractivity contribution in [2.45, 2.75) is 21.3 Å². The number of aliphatic hydroxyl groups is 1. The maximum absolute atomic E-state index is 12.6. The highest BCUT2D eigenvalue weighted by atomic mass is 32.2. The van der Waals surface area contributed by atoms with Crippen LogP contribution >= 0.6 is 0 Å². The van der Waals surface area contributed by atoms with Gasteiger partial charge >= 0.3 is 21.2 Å². The number of fused-ring (bicyclic) bond motifs is 3. The van der Waals surface area contributed by atoms with E-state index in [1.165, 1.54) is 92.0 Å². The molecule has 0 aliphatic rings. The van der Waals surface area contributed by atoms with Crippen LogP contribution in [0.5, 0.6) is 23.0 Å². The third kappa shape index (κ3) is 14.0. The van der Waals surface area contributed by atoms with Gasteiger partial charge in [0, 0.05) is 16.2 Å². The van der Waals surface area contributed by atoms with Crippen molar-refractivity contribution < 1.29 is 89.3 Å². The van der Waals surface area contributed by atoms with Gasteiger partial charge in [0.25, 0.3) is 30.4 Å². The van der Waals surface area contributed by atoms with E-state index in [-0.39, 0.29) is 83.7 Å². The highest BCUT2D eigenvalue weighted by Crippen LogP contribution is 2.47. The topological polar surface area (TPSA) is 481 Å². The van der Waals surface area contributed by atoms with Gasteiger partial charge in [-0.3, -0.25) is 13.7 Å². The molecule has 0 aliphatic carbocycles. The van der Waals surface area contributed by atoms with Gasteiger partial charge in [0.1, 0.15) is 48.9 Å². The monoisotopic (exact) mass is 1170 g/mol. The van der Waals surface area contributed by atoms with E-state index in [9.17, 15) is 59.3 Å². The van der Waals surface area contributed by atoms with Crippen LogP contribution in [0.1, 0.15) is 5.56 Å². The number of rotatable bonds is 13. The summed E-state index contributed by atoms with van der Waals surface area (Å²) in [6, 6.07) is 25.5. The van der Waals surface area contributed by atoms with Crippen molar-refractivity contribution in [3.63, 3.8) is 0 Å². The second-order valence-electron chi connectivity index (χ2n) is 15.3. The lowest BCUT2D eigenvalue weighted by atomic mass is 10.1. The van der Waals surface area contributed by atoms with Crippen LogP contribution < -0.4 is 10.5 Å². The van der Waals surface area contributed by atoms with Crippen molar-refractivity contribution in [3.8, 4) is 23.0 Å². The first-order valence-corrected chi connectivity index (χ1v) is 27.1. The molecule has 0 amide bonds. The molecule has 34 heteroatoms. The average Bonchev–Trinajstić information content (AvgIpc) is 3.47. The Hall–Kier alpha value is -9.13. The second kappa shape index (κ2) is 23.8. The van der Waals surface area contributed by atoms with E-state index in [1.807, 2.05) is 0 Å². The molecular formula is C44H33N9O20S5. The van der Waals surface area contributed by atoms with Crippen molar-refractivity contribution in [3.05, 3.63) is 121 Å². The number of hydrogen-bond donors (Lipinski definition) is 8. The van der Waals surface area contributed by atoms with Gasteiger partial charge in [-0.2, -0.15) is 40.6 Å². The molecule has 0 aromatic heterocycles. The van der Waals surface area contributed by atoms with E-state index in [0.29, 0.717) is 11.1 Å². The smallest absolute Gasteiger partial charge is 0.425 e. The summed E-state index contributed by atoms with van der Waals surface area (Å²) in [6.45, 7) is -0.497. The Balaban J connectivity index is 0.00000115. The number of ether oxygens (including phenoxy) is 1. The van der Waals surface area contributed by atoms with Gasteiger partial charge in [-0.05, 0) is 107 Å². The number of nitrogens with zero attached hydrogens (tertiary/aromatic N) is 8. The molecule has 29 nitrogen and oxygen atoms in total. The fraction of sp³-hybridized carbons (Fsp3) is 0.0455. The third-order valence-corrected chi connectivity index (χ3v) is 13.1. The zero-order valence-electron chi connectivity index (χ0n) is 38.8. The molecule has 8 aromatic carbocycles. The number of anilines is 1. The Labute approximate surface area is 441 Å². The molecule has 0 fully saturated rings. The maximum Gasteiger partial charge on any atom is 0.425 e. The summed E-state index contributed by atoms with van der Waals surface area (Å²) in [7, 11) is -19.4. The number of benzene rings is 8. The zero-order chi connectivity index (χ0) is 57.4. The van der Waals surface area contributed by atoms with Gasteiger partial charge in [0.05, 0.1) is 41.9 Å². The van der Waals surface area contributed by atoms with Crippen molar-refractivity contribution in [1.82, 2.24) is 0 Å². The molecule has 0 unspecified atom stereocenters. The first kappa shape index (κ1) is 58.1. The summed E-state index contributed by atoms with van der Waals surface area (Å²) in [5, 5.41) is 75.5. The minimum Gasteiger partial charge on any atom is -0.505 e. The molecule has 8 aromatic rings. The SMILES string of the molecule is COc1ccc(N=Nc2c(S(=O)(=O)O)cc3ccc(N=Nc4cc(S(=O)(=O)O)c5ccc(N=Nc6ccc7c(O)c(N=Nc8ccc(CO)cc8S(=O)(=O)O)ccc7c6)c(O)c5c4N)cc3c2O)cc1.O=S(=O)=O.O=S(=O)=O. The van der Waals surface area contributed by atoms with E-state index >= 15 is 0 Å². The van der Waals surface area contributed by atoms with Crippen molar-refractivity contribution in [2.75, 3.05) is 12.8 Å². The fourth-order valence-corrected chi connectivity index (χ4v) is 9.03. The van der Waals surface area contributed by atoms with Gasteiger partial charge < -0.3 is 30.9 Å². The zero-order valence-corrected chi connectivity index (χ0v) is 42.9. The Morgan fingerprint density at radius 2 is 0.936 bits per heavy atom. The van der Waals surface area contributed by atoms with Crippen LogP contribution in [-0.2, 0) is 58.2 Å². The van der Waals surface area contributed by atoms with Crippen LogP contribution in [-0.4, -0.2) is 91.7 Å². The predicted octanol–water partition coefficient (Wildman–Crippen LogP) is 8.74. The predicted molar refractivity (Wildman–Crippen MR) is 272 cm³/mol. The van der Waals surface area contributed by atoms with Gasteiger partial charge in [-0.15, -0.1) is 50.8 Å². The molecule has 0 saturated heterocycles. The van der Waals surface area contributed by atoms with E-state index < -0.39 is 90.1 Å². The van der Waals surface area contributed by atoms with E-state index in [0.717, 1.165) is 18.2 Å². The lowest BCUT2D eigenvalue weighted by Gasteiger charge is -2.12. The molecular weight excluding hydrogens is 1130 g/mol. The lowest BCUT2D eigenvalue weighted by molar-refractivity contribution is 0.281. The van der Waals surface area contributed by atoms with E-state index in [1.54, 1.807) is 12.1 Å². The Kier molecular flexibility index (Phi) is 17.8. The van der Waals surface area contributed by atoms with Gasteiger partial charge in [0.2, 0.25) is 0 Å². The molecule has 0 bridgehead atoms. The summed E-state index contributed by atoms with van der Waals surface area (Å²) in [5.41, 5.74) is 5.32. The first-order chi connectivity index (χ1) is 36.6. The Morgan fingerprint density at radius 1 is 0.462 bits per heavy atom. The third-order valence-electron chi connectivity index (χ3n) is 10.4.